The third kappa shape index (κ3) is 3.64. The van der Waals surface area contributed by atoms with Gasteiger partial charge in [-0.15, -0.1) is 10.2 Å². The molecule has 4 atom stereocenters. The lowest BCUT2D eigenvalue weighted by Gasteiger charge is -2.41. The van der Waals surface area contributed by atoms with Gasteiger partial charge in [0.25, 0.3) is 0 Å². The molecule has 7 nitrogen and oxygen atoms in total. The van der Waals surface area contributed by atoms with Crippen molar-refractivity contribution >= 4 is 5.82 Å². The molecule has 3 aromatic rings. The normalized spacial score (nSPS) is 26.5. The van der Waals surface area contributed by atoms with E-state index < -0.39 is 12.0 Å². The molecule has 9 heteroatoms. The lowest BCUT2D eigenvalue weighted by atomic mass is 9.95. The van der Waals surface area contributed by atoms with Crippen LogP contribution in [-0.4, -0.2) is 55.4 Å². The van der Waals surface area contributed by atoms with E-state index in [1.54, 1.807) is 30.2 Å². The molecule has 0 amide bonds. The minimum absolute atomic E-state index is 0.0829. The second kappa shape index (κ2) is 7.76. The third-order valence-electron chi connectivity index (χ3n) is 7.14. The van der Waals surface area contributed by atoms with Gasteiger partial charge in [-0.25, -0.2) is 8.78 Å². The highest BCUT2D eigenvalue weighted by Crippen LogP contribution is 2.40. The number of fused-ring (bicyclic) bond motifs is 2. The van der Waals surface area contributed by atoms with E-state index in [2.05, 4.69) is 25.5 Å². The fraction of sp³-hybridized carbons (Fsp3) is 0.458. The van der Waals surface area contributed by atoms with Gasteiger partial charge in [0.1, 0.15) is 17.7 Å². The van der Waals surface area contributed by atoms with Gasteiger partial charge in [0.15, 0.2) is 5.82 Å². The van der Waals surface area contributed by atoms with Crippen LogP contribution in [0.2, 0.25) is 0 Å². The molecule has 3 fully saturated rings. The SMILES string of the molecule is Cn1cc(-c2cc(O)c(-c3ccc(N(C4CC4)C4C[C@H]5CC[C@H](N5)C4F)nn3)cc2F)cn1. The monoisotopic (exact) mass is 452 g/mol. The number of benzene rings is 1. The average molecular weight is 453 g/mol. The zero-order chi connectivity index (χ0) is 22.7. The first-order chi connectivity index (χ1) is 16.0. The molecule has 2 saturated heterocycles. The van der Waals surface area contributed by atoms with Crippen molar-refractivity contribution in [1.82, 2.24) is 25.3 Å². The maximum atomic E-state index is 15.3. The van der Waals surface area contributed by atoms with Crippen LogP contribution in [0.4, 0.5) is 14.6 Å². The van der Waals surface area contributed by atoms with E-state index in [1.165, 1.54) is 12.1 Å². The molecule has 0 radical (unpaired) electrons. The molecule has 2 aliphatic heterocycles. The van der Waals surface area contributed by atoms with Gasteiger partial charge in [0, 0.05) is 48.1 Å². The zero-order valence-corrected chi connectivity index (χ0v) is 18.3. The van der Waals surface area contributed by atoms with Crippen molar-refractivity contribution < 1.29 is 13.9 Å². The molecule has 6 rings (SSSR count). The number of hydrogen-bond acceptors (Lipinski definition) is 6. The zero-order valence-electron chi connectivity index (χ0n) is 18.3. The Kier molecular flexibility index (Phi) is 4.83. The summed E-state index contributed by atoms with van der Waals surface area (Å²) in [5.74, 6) is 0.0731. The van der Waals surface area contributed by atoms with Gasteiger partial charge in [0.2, 0.25) is 0 Å². The Morgan fingerprint density at radius 2 is 1.97 bits per heavy atom. The van der Waals surface area contributed by atoms with Crippen molar-refractivity contribution in [3.05, 3.63) is 42.5 Å². The molecule has 172 valence electrons. The number of alkyl halides is 1. The van der Waals surface area contributed by atoms with Crippen molar-refractivity contribution in [2.75, 3.05) is 4.90 Å². The van der Waals surface area contributed by atoms with E-state index in [1.807, 2.05) is 6.07 Å². The molecule has 2 unspecified atom stereocenters. The Bertz CT molecular complexity index is 1180. The molecule has 2 bridgehead atoms. The number of anilines is 1. The topological polar surface area (TPSA) is 79.1 Å². The summed E-state index contributed by atoms with van der Waals surface area (Å²) in [4.78, 5) is 2.11. The van der Waals surface area contributed by atoms with Crippen LogP contribution in [-0.2, 0) is 7.05 Å². The predicted octanol–water partition coefficient (Wildman–Crippen LogP) is 3.59. The van der Waals surface area contributed by atoms with E-state index in [4.69, 9.17) is 0 Å². The summed E-state index contributed by atoms with van der Waals surface area (Å²) in [6.45, 7) is 0. The van der Waals surface area contributed by atoms with E-state index in [0.29, 0.717) is 23.1 Å². The van der Waals surface area contributed by atoms with Gasteiger partial charge in [0.05, 0.1) is 17.9 Å². The number of rotatable bonds is 5. The highest BCUT2D eigenvalue weighted by atomic mass is 19.1. The lowest BCUT2D eigenvalue weighted by molar-refractivity contribution is 0.171. The molecular formula is C24H26F2N6O. The van der Waals surface area contributed by atoms with Crippen LogP contribution in [0.5, 0.6) is 5.75 Å². The van der Waals surface area contributed by atoms with Crippen LogP contribution in [0.15, 0.2) is 36.7 Å². The van der Waals surface area contributed by atoms with Crippen LogP contribution < -0.4 is 10.2 Å². The standard InChI is InChI=1S/C24H26F2N6O/c1-31-12-13(11-27-31)16-10-22(33)17(9-18(16)25)19-6-7-23(30-29-19)32(15-3-4-15)21-8-14-2-5-20(28-14)24(21)26/h6-7,9-12,14-15,20-21,24,28,33H,2-5,8H2,1H3/t14-,20+,21?,24?/m1/s1. The first kappa shape index (κ1) is 20.5. The second-order valence-corrected chi connectivity index (χ2v) is 9.46. The molecule has 2 N–H and O–H groups in total. The van der Waals surface area contributed by atoms with Crippen LogP contribution in [0, 0.1) is 5.82 Å². The minimum Gasteiger partial charge on any atom is -0.507 e. The highest BCUT2D eigenvalue weighted by Gasteiger charge is 2.48. The van der Waals surface area contributed by atoms with Crippen LogP contribution in [0.25, 0.3) is 22.4 Å². The van der Waals surface area contributed by atoms with Crippen molar-refractivity contribution in [2.24, 2.45) is 7.05 Å². The first-order valence-corrected chi connectivity index (χ1v) is 11.5. The summed E-state index contributed by atoms with van der Waals surface area (Å²) in [5.41, 5.74) is 1.48. The van der Waals surface area contributed by atoms with Gasteiger partial charge < -0.3 is 15.3 Å². The number of aryl methyl sites for hydroxylation is 1. The number of nitrogens with zero attached hydrogens (tertiary/aromatic N) is 5. The average Bonchev–Trinajstić information content (AvgIpc) is 3.41. The Hall–Kier alpha value is -3.07. The van der Waals surface area contributed by atoms with Gasteiger partial charge >= 0.3 is 0 Å². The van der Waals surface area contributed by atoms with E-state index >= 15 is 4.39 Å². The predicted molar refractivity (Wildman–Crippen MR) is 120 cm³/mol. The summed E-state index contributed by atoms with van der Waals surface area (Å²) in [7, 11) is 1.75. The number of phenols is 1. The fourth-order valence-corrected chi connectivity index (χ4v) is 5.38. The summed E-state index contributed by atoms with van der Waals surface area (Å²) < 4.78 is 31.7. The number of phenolic OH excluding ortho intramolecular Hbond substituents is 1. The molecule has 2 aromatic heterocycles. The number of nitrogens with one attached hydrogen (secondary N) is 1. The molecule has 4 heterocycles. The number of hydrogen-bond donors (Lipinski definition) is 2. The summed E-state index contributed by atoms with van der Waals surface area (Å²) in [6, 6.07) is 6.53. The maximum absolute atomic E-state index is 15.3. The molecule has 3 aliphatic rings. The van der Waals surface area contributed by atoms with E-state index in [-0.39, 0.29) is 35.0 Å². The second-order valence-electron chi connectivity index (χ2n) is 9.46. The maximum Gasteiger partial charge on any atom is 0.151 e. The summed E-state index contributed by atoms with van der Waals surface area (Å²) in [6.07, 6.45) is 7.00. The number of aromatic hydroxyl groups is 1. The van der Waals surface area contributed by atoms with Gasteiger partial charge in [-0.1, -0.05) is 0 Å². The minimum atomic E-state index is -0.941. The van der Waals surface area contributed by atoms with E-state index in [0.717, 1.165) is 32.1 Å². The number of piperidine rings is 1. The smallest absolute Gasteiger partial charge is 0.151 e. The van der Waals surface area contributed by atoms with E-state index in [9.17, 15) is 9.50 Å². The molecule has 1 aliphatic carbocycles. The molecule has 33 heavy (non-hydrogen) atoms. The largest absolute Gasteiger partial charge is 0.507 e. The van der Waals surface area contributed by atoms with Crippen molar-refractivity contribution in [3.63, 3.8) is 0 Å². The molecule has 0 spiro atoms. The first-order valence-electron chi connectivity index (χ1n) is 11.5. The molecular weight excluding hydrogens is 426 g/mol. The third-order valence-corrected chi connectivity index (χ3v) is 7.14. The van der Waals surface area contributed by atoms with Gasteiger partial charge in [-0.2, -0.15) is 5.10 Å². The quantitative estimate of drug-likeness (QED) is 0.616. The molecule has 1 saturated carbocycles. The van der Waals surface area contributed by atoms with Crippen molar-refractivity contribution in [1.29, 1.82) is 0 Å². The lowest BCUT2D eigenvalue weighted by Crippen LogP contribution is -2.57. The number of halogens is 2. The Morgan fingerprint density at radius 3 is 2.67 bits per heavy atom. The molecule has 1 aromatic carbocycles. The highest BCUT2D eigenvalue weighted by molar-refractivity contribution is 5.74. The van der Waals surface area contributed by atoms with Crippen LogP contribution >= 0.6 is 0 Å². The Morgan fingerprint density at radius 1 is 1.12 bits per heavy atom. The summed E-state index contributed by atoms with van der Waals surface area (Å²) >= 11 is 0. The Balaban J connectivity index is 1.29. The van der Waals surface area contributed by atoms with Crippen molar-refractivity contribution in [2.45, 2.75) is 62.4 Å². The van der Waals surface area contributed by atoms with Gasteiger partial charge in [-0.05, 0) is 56.4 Å². The van der Waals surface area contributed by atoms with Gasteiger partial charge in [-0.3, -0.25) is 4.68 Å². The fourth-order valence-electron chi connectivity index (χ4n) is 5.38. The number of aromatic nitrogens is 4. The van der Waals surface area contributed by atoms with Crippen LogP contribution in [0.1, 0.15) is 32.1 Å². The van der Waals surface area contributed by atoms with Crippen molar-refractivity contribution in [3.8, 4) is 28.1 Å². The summed E-state index contributed by atoms with van der Waals surface area (Å²) in [5, 5.41) is 26.7. The Labute approximate surface area is 190 Å². The van der Waals surface area contributed by atoms with Crippen LogP contribution in [0.3, 0.4) is 0 Å².